The van der Waals surface area contributed by atoms with Crippen LogP contribution in [0.5, 0.6) is 0 Å². The van der Waals surface area contributed by atoms with Crippen molar-refractivity contribution in [3.63, 3.8) is 0 Å². The zero-order valence-corrected chi connectivity index (χ0v) is 21.6. The summed E-state index contributed by atoms with van der Waals surface area (Å²) in [5, 5.41) is 7.05. The van der Waals surface area contributed by atoms with Gasteiger partial charge in [0.25, 0.3) is 0 Å². The molecule has 2 heterocycles. The minimum Gasteiger partial charge on any atom is -0.272 e. The number of rotatable bonds is 7. The summed E-state index contributed by atoms with van der Waals surface area (Å²) < 4.78 is 47.4. The van der Waals surface area contributed by atoms with E-state index in [0.717, 1.165) is 28.1 Å². The molecule has 0 N–H and O–H groups in total. The largest absolute Gasteiger partial charge is 0.272 e. The first-order chi connectivity index (χ1) is 16.0. The second kappa shape index (κ2) is 9.55. The molecule has 8 nitrogen and oxygen atoms in total. The first kappa shape index (κ1) is 24.5. The number of para-hydroxylation sites is 2. The molecule has 2 aromatic carbocycles. The van der Waals surface area contributed by atoms with Gasteiger partial charge in [0.2, 0.25) is 0 Å². The number of thioether (sulfide) groups is 1. The maximum absolute atomic E-state index is 12.0. The number of sulfone groups is 2. The number of fused-ring (bicyclic) bond motifs is 1. The molecule has 180 valence electrons. The molecule has 2 aliphatic rings. The van der Waals surface area contributed by atoms with Crippen LogP contribution in [0.3, 0.4) is 0 Å². The summed E-state index contributed by atoms with van der Waals surface area (Å²) in [4.78, 5) is 6.53. The van der Waals surface area contributed by atoms with Crippen LogP contribution >= 0.6 is 11.8 Å². The number of allylic oxidation sites excluding steroid dienone is 1. The zero-order valence-electron chi connectivity index (χ0n) is 19.2. The Labute approximate surface area is 204 Å². The third-order valence-electron chi connectivity index (χ3n) is 5.34. The van der Waals surface area contributed by atoms with Crippen LogP contribution in [-0.2, 0) is 19.7 Å². The first-order valence-corrected chi connectivity index (χ1v) is 15.7. The molecule has 0 aromatic heterocycles. The summed E-state index contributed by atoms with van der Waals surface area (Å²) in [5.74, 6) is 0.966. The fraction of sp³-hybridized carbons (Fsp3) is 0.304. The van der Waals surface area contributed by atoms with Gasteiger partial charge in [0.15, 0.2) is 5.17 Å². The van der Waals surface area contributed by atoms with Gasteiger partial charge in [-0.25, -0.2) is 21.8 Å². The van der Waals surface area contributed by atoms with Crippen molar-refractivity contribution in [2.75, 3.05) is 41.2 Å². The van der Waals surface area contributed by atoms with Gasteiger partial charge in [-0.3, -0.25) is 9.89 Å². The molecule has 0 bridgehead atoms. The monoisotopic (exact) mass is 518 g/mol. The zero-order chi connectivity index (χ0) is 24.5. The normalized spacial score (nSPS) is 17.9. The molecule has 2 aromatic rings. The highest BCUT2D eigenvalue weighted by atomic mass is 32.2. The summed E-state index contributed by atoms with van der Waals surface area (Å²) in [6.45, 7) is 2.15. The Morgan fingerprint density at radius 2 is 1.59 bits per heavy atom. The number of aryl methyl sites for hydroxylation is 1. The summed E-state index contributed by atoms with van der Waals surface area (Å²) in [7, 11) is -6.37. The van der Waals surface area contributed by atoms with Gasteiger partial charge >= 0.3 is 0 Å². The number of benzene rings is 2. The van der Waals surface area contributed by atoms with E-state index in [2.05, 4.69) is 4.99 Å². The molecule has 0 spiro atoms. The van der Waals surface area contributed by atoms with Gasteiger partial charge in [-0.1, -0.05) is 48.2 Å². The van der Waals surface area contributed by atoms with Crippen molar-refractivity contribution >= 4 is 59.8 Å². The number of aliphatic imine (C=N–C) groups is 1. The lowest BCUT2D eigenvalue weighted by molar-refractivity contribution is 0.403. The summed E-state index contributed by atoms with van der Waals surface area (Å²) in [5.41, 5.74) is 4.48. The highest BCUT2D eigenvalue weighted by Crippen LogP contribution is 2.41. The second-order valence-corrected chi connectivity index (χ2v) is 13.8. The van der Waals surface area contributed by atoms with Crippen molar-refractivity contribution in [2.24, 2.45) is 10.1 Å². The highest BCUT2D eigenvalue weighted by Gasteiger charge is 2.35. The van der Waals surface area contributed by atoms with E-state index in [-0.39, 0.29) is 18.1 Å². The molecule has 0 radical (unpaired) electrons. The fourth-order valence-corrected chi connectivity index (χ4v) is 6.38. The topological polar surface area (TPSA) is 99.5 Å². The summed E-state index contributed by atoms with van der Waals surface area (Å²) >= 11 is 1.33. The molecule has 0 aliphatic carbocycles. The Balaban J connectivity index is 1.85. The van der Waals surface area contributed by atoms with Crippen LogP contribution in [0.1, 0.15) is 11.1 Å². The number of anilines is 1. The number of hydrazone groups is 1. The number of amidine groups is 1. The maximum atomic E-state index is 12.0. The van der Waals surface area contributed by atoms with Crippen LogP contribution in [0.15, 0.2) is 64.4 Å². The van der Waals surface area contributed by atoms with E-state index in [9.17, 15) is 16.8 Å². The van der Waals surface area contributed by atoms with Crippen LogP contribution in [0, 0.1) is 6.92 Å². The lowest BCUT2D eigenvalue weighted by Gasteiger charge is -2.27. The van der Waals surface area contributed by atoms with Crippen LogP contribution in [-0.4, -0.2) is 69.5 Å². The molecule has 0 atom stereocenters. The molecule has 34 heavy (non-hydrogen) atoms. The van der Waals surface area contributed by atoms with E-state index in [4.69, 9.17) is 5.10 Å². The average molecular weight is 519 g/mol. The van der Waals surface area contributed by atoms with Gasteiger partial charge in [0, 0.05) is 35.6 Å². The third kappa shape index (κ3) is 5.53. The third-order valence-corrected chi connectivity index (χ3v) is 8.40. The van der Waals surface area contributed by atoms with Crippen molar-refractivity contribution < 1.29 is 16.8 Å². The van der Waals surface area contributed by atoms with E-state index in [0.29, 0.717) is 16.7 Å². The van der Waals surface area contributed by atoms with Gasteiger partial charge in [-0.2, -0.15) is 0 Å². The van der Waals surface area contributed by atoms with Gasteiger partial charge < -0.3 is 0 Å². The van der Waals surface area contributed by atoms with E-state index in [1.165, 1.54) is 24.3 Å². The Bertz CT molecular complexity index is 1410. The standard InChI is InChI=1S/C23H26N4O4S3/c1-17-8-4-7-11-21(17)27-22(19-16-24-20-10-6-5-9-18(19)20)26(12-14-33(2,28)29)25-23(27)32-13-15-34(3,30)31/h4-11,16H,12-15H2,1-3H3/b22-19-. The Kier molecular flexibility index (Phi) is 6.88. The lowest BCUT2D eigenvalue weighted by Crippen LogP contribution is -2.31. The van der Waals surface area contributed by atoms with Crippen LogP contribution < -0.4 is 4.90 Å². The minimum atomic E-state index is -3.23. The van der Waals surface area contributed by atoms with E-state index < -0.39 is 19.7 Å². The Morgan fingerprint density at radius 3 is 2.29 bits per heavy atom. The van der Waals surface area contributed by atoms with Crippen molar-refractivity contribution in [1.82, 2.24) is 5.01 Å². The van der Waals surface area contributed by atoms with Gasteiger partial charge in [0.1, 0.15) is 25.5 Å². The predicted molar refractivity (Wildman–Crippen MR) is 141 cm³/mol. The van der Waals surface area contributed by atoms with Gasteiger partial charge in [-0.05, 0) is 24.6 Å². The van der Waals surface area contributed by atoms with Crippen molar-refractivity contribution in [1.29, 1.82) is 0 Å². The molecule has 0 amide bonds. The van der Waals surface area contributed by atoms with Crippen molar-refractivity contribution in [3.05, 3.63) is 65.5 Å². The Morgan fingerprint density at radius 1 is 0.912 bits per heavy atom. The van der Waals surface area contributed by atoms with E-state index >= 15 is 0 Å². The number of nitrogens with zero attached hydrogens (tertiary/aromatic N) is 4. The minimum absolute atomic E-state index is 0.0117. The fourth-order valence-electron chi connectivity index (χ4n) is 3.67. The number of hydrogen-bond donors (Lipinski definition) is 0. The first-order valence-electron chi connectivity index (χ1n) is 10.6. The molecule has 0 saturated carbocycles. The predicted octanol–water partition coefficient (Wildman–Crippen LogP) is 3.30. The molecule has 0 fully saturated rings. The molecule has 2 aliphatic heterocycles. The molecule has 11 heteroatoms. The molecule has 0 saturated heterocycles. The quantitative estimate of drug-likeness (QED) is 0.555. The SMILES string of the molecule is Cc1ccccc1N1C(SCCS(C)(=O)=O)=NN(CCS(C)(=O)=O)/C1=C1\C=Nc2ccccc21. The smallest absolute Gasteiger partial charge is 0.193 e. The van der Waals surface area contributed by atoms with E-state index in [1.807, 2.05) is 60.4 Å². The molecular formula is C23H26N4O4S3. The lowest BCUT2D eigenvalue weighted by atomic mass is 10.1. The van der Waals surface area contributed by atoms with Crippen LogP contribution in [0.25, 0.3) is 5.57 Å². The Hall–Kier alpha value is -2.63. The molecule has 0 unspecified atom stereocenters. The molecular weight excluding hydrogens is 492 g/mol. The van der Waals surface area contributed by atoms with Crippen LogP contribution in [0.4, 0.5) is 11.4 Å². The summed E-state index contributed by atoms with van der Waals surface area (Å²) in [6.07, 6.45) is 4.19. The van der Waals surface area contributed by atoms with E-state index in [1.54, 1.807) is 11.2 Å². The van der Waals surface area contributed by atoms with Crippen molar-refractivity contribution in [3.8, 4) is 0 Å². The number of hydrogen-bond acceptors (Lipinski definition) is 9. The van der Waals surface area contributed by atoms with Crippen LogP contribution in [0.2, 0.25) is 0 Å². The van der Waals surface area contributed by atoms with Crippen molar-refractivity contribution in [2.45, 2.75) is 6.92 Å². The van der Waals surface area contributed by atoms with Gasteiger partial charge in [-0.15, -0.1) is 5.10 Å². The highest BCUT2D eigenvalue weighted by molar-refractivity contribution is 8.14. The molecule has 4 rings (SSSR count). The summed E-state index contributed by atoms with van der Waals surface area (Å²) in [6, 6.07) is 15.6. The van der Waals surface area contributed by atoms with Gasteiger partial charge in [0.05, 0.1) is 29.4 Å². The maximum Gasteiger partial charge on any atom is 0.193 e. The second-order valence-electron chi connectivity index (χ2n) is 8.25. The average Bonchev–Trinajstić information content (AvgIpc) is 3.32.